The van der Waals surface area contributed by atoms with Gasteiger partial charge in [0, 0.05) is 6.08 Å². The molecule has 0 radical (unpaired) electrons. The van der Waals surface area contributed by atoms with Gasteiger partial charge in [-0.25, -0.2) is 14.4 Å². The van der Waals surface area contributed by atoms with Crippen molar-refractivity contribution in [3.63, 3.8) is 0 Å². The number of fused-ring (bicyclic) bond motifs is 1. The largest absolute Gasteiger partial charge is 0.493 e. The predicted octanol–water partition coefficient (Wildman–Crippen LogP) is 5.14. The van der Waals surface area contributed by atoms with Gasteiger partial charge in [0.15, 0.2) is 34.5 Å². The van der Waals surface area contributed by atoms with E-state index < -0.39 is 17.9 Å². The second kappa shape index (κ2) is 18.5. The van der Waals surface area contributed by atoms with Crippen molar-refractivity contribution in [1.29, 1.82) is 0 Å². The van der Waals surface area contributed by atoms with Gasteiger partial charge >= 0.3 is 17.9 Å². The summed E-state index contributed by atoms with van der Waals surface area (Å²) in [4.78, 5) is 33.4. The summed E-state index contributed by atoms with van der Waals surface area (Å²) in [5, 5.41) is 0. The fraction of sp³-hybridized carbons (Fsp3) is 0.258. The highest BCUT2D eigenvalue weighted by molar-refractivity contribution is 7.27. The van der Waals surface area contributed by atoms with E-state index in [1.54, 1.807) is 62.8 Å². The number of ether oxygens (including phenoxy) is 8. The van der Waals surface area contributed by atoms with E-state index in [9.17, 15) is 14.4 Å². The van der Waals surface area contributed by atoms with Crippen molar-refractivity contribution in [1.82, 2.24) is 0 Å². The monoisotopic (exact) mass is 646 g/mol. The lowest BCUT2D eigenvalue weighted by atomic mass is 10.2. The third-order valence-electron chi connectivity index (χ3n) is 5.78. The molecule has 3 aromatic carbocycles. The number of benzene rings is 3. The molecule has 1 unspecified atom stereocenters. The van der Waals surface area contributed by atoms with Crippen LogP contribution in [0.1, 0.15) is 26.3 Å². The van der Waals surface area contributed by atoms with Crippen molar-refractivity contribution in [2.45, 2.75) is 0 Å². The molecule has 0 saturated carbocycles. The summed E-state index contributed by atoms with van der Waals surface area (Å²) in [7, 11) is 11.6. The molecule has 0 fully saturated rings. The SMILES string of the molecule is COC(=O)/C=C/c1ccc(OC)c(OC)c1.COC(=O)c1cc(OC)c2c(c1)OPO2.COC(=O)c1ccc(OC)c(OC)c1. The summed E-state index contributed by atoms with van der Waals surface area (Å²) in [6.45, 7) is 0. The Labute approximate surface area is 262 Å². The lowest BCUT2D eigenvalue weighted by Crippen LogP contribution is -2.02. The highest BCUT2D eigenvalue weighted by Crippen LogP contribution is 2.48. The van der Waals surface area contributed by atoms with E-state index in [2.05, 4.69) is 14.2 Å². The molecule has 0 spiro atoms. The van der Waals surface area contributed by atoms with Crippen LogP contribution in [-0.2, 0) is 19.0 Å². The lowest BCUT2D eigenvalue weighted by molar-refractivity contribution is -0.134. The van der Waals surface area contributed by atoms with Gasteiger partial charge in [-0.1, -0.05) is 6.07 Å². The highest BCUT2D eigenvalue weighted by Gasteiger charge is 2.23. The minimum atomic E-state index is -0.435. The third kappa shape index (κ3) is 10.2. The Bertz CT molecular complexity index is 1490. The van der Waals surface area contributed by atoms with Crippen LogP contribution in [0.15, 0.2) is 54.6 Å². The molecule has 4 rings (SSSR count). The van der Waals surface area contributed by atoms with Gasteiger partial charge in [-0.3, -0.25) is 0 Å². The molecule has 1 atom stereocenters. The smallest absolute Gasteiger partial charge is 0.338 e. The predicted molar refractivity (Wildman–Crippen MR) is 165 cm³/mol. The summed E-state index contributed by atoms with van der Waals surface area (Å²) in [5.74, 6) is 2.65. The number of hydrogen-bond donors (Lipinski definition) is 0. The van der Waals surface area contributed by atoms with Crippen molar-refractivity contribution < 1.29 is 61.3 Å². The van der Waals surface area contributed by atoms with Gasteiger partial charge in [0.05, 0.1) is 68.0 Å². The minimum absolute atomic E-state index is 0.0958. The standard InChI is InChI=1S/C12H14O4.C10H12O4.C9H9O5P/c1-14-10-6-4-9(8-11(10)15-2)5-7-12(13)16-3;1-12-8-5-4-7(10(11)14-3)6-9(8)13-2;1-11-6-3-5(9(10)12-2)4-7-8(6)14-15-13-7/h4-8H,1-3H3;4-6H,1-3H3;3-4,15H,1-2H3/b7-5+;;. The van der Waals surface area contributed by atoms with Crippen molar-refractivity contribution in [3.05, 3.63) is 71.3 Å². The van der Waals surface area contributed by atoms with Gasteiger partial charge in [0.25, 0.3) is 9.03 Å². The molecular formula is C31H35O13P. The number of esters is 3. The van der Waals surface area contributed by atoms with E-state index in [-0.39, 0.29) is 9.03 Å². The molecule has 1 heterocycles. The number of carbonyl (C=O) groups excluding carboxylic acids is 3. The zero-order valence-corrected chi connectivity index (χ0v) is 27.1. The Morgan fingerprint density at radius 2 is 1.11 bits per heavy atom. The molecule has 45 heavy (non-hydrogen) atoms. The average Bonchev–Trinajstić information content (AvgIpc) is 3.58. The Hall–Kier alpha value is -5.16. The molecule has 0 saturated heterocycles. The number of hydrogen-bond acceptors (Lipinski definition) is 13. The maximum absolute atomic E-state index is 11.3. The van der Waals surface area contributed by atoms with Crippen LogP contribution in [0, 0.1) is 0 Å². The first-order valence-electron chi connectivity index (χ1n) is 12.9. The van der Waals surface area contributed by atoms with Crippen molar-refractivity contribution in [2.24, 2.45) is 0 Å². The molecule has 13 nitrogen and oxygen atoms in total. The van der Waals surface area contributed by atoms with E-state index in [0.717, 1.165) is 5.56 Å². The number of rotatable bonds is 9. The second-order valence-electron chi connectivity index (χ2n) is 8.32. The zero-order valence-electron chi connectivity index (χ0n) is 26.1. The first kappa shape index (κ1) is 36.0. The molecule has 14 heteroatoms. The fourth-order valence-electron chi connectivity index (χ4n) is 3.52. The fourth-order valence-corrected chi connectivity index (χ4v) is 4.09. The van der Waals surface area contributed by atoms with E-state index in [1.807, 2.05) is 6.07 Å². The van der Waals surface area contributed by atoms with Crippen molar-refractivity contribution >= 4 is 33.0 Å². The first-order valence-corrected chi connectivity index (χ1v) is 13.7. The molecule has 1 aliphatic rings. The molecule has 0 aliphatic carbocycles. The van der Waals surface area contributed by atoms with E-state index in [0.29, 0.717) is 51.4 Å². The number of carbonyl (C=O) groups is 3. The quantitative estimate of drug-likeness (QED) is 0.131. The van der Waals surface area contributed by atoms with Gasteiger partial charge in [0.1, 0.15) is 0 Å². The van der Waals surface area contributed by atoms with Crippen LogP contribution in [0.2, 0.25) is 0 Å². The molecule has 242 valence electrons. The second-order valence-corrected chi connectivity index (χ2v) is 8.89. The summed E-state index contributed by atoms with van der Waals surface area (Å²) in [5.41, 5.74) is 1.65. The van der Waals surface area contributed by atoms with Gasteiger partial charge < -0.3 is 46.9 Å². The van der Waals surface area contributed by atoms with Crippen LogP contribution >= 0.6 is 9.03 Å². The minimum Gasteiger partial charge on any atom is -0.493 e. The van der Waals surface area contributed by atoms with Crippen LogP contribution in [0.5, 0.6) is 40.2 Å². The van der Waals surface area contributed by atoms with E-state index in [4.69, 9.17) is 32.7 Å². The average molecular weight is 647 g/mol. The Morgan fingerprint density at radius 3 is 1.67 bits per heavy atom. The maximum Gasteiger partial charge on any atom is 0.338 e. The van der Waals surface area contributed by atoms with E-state index >= 15 is 0 Å². The van der Waals surface area contributed by atoms with E-state index in [1.165, 1.54) is 48.7 Å². The Morgan fingerprint density at radius 1 is 0.578 bits per heavy atom. The van der Waals surface area contributed by atoms with Crippen LogP contribution < -0.4 is 32.7 Å². The molecule has 0 N–H and O–H groups in total. The van der Waals surface area contributed by atoms with Gasteiger partial charge in [-0.15, -0.1) is 0 Å². The topological polar surface area (TPSA) is 144 Å². The van der Waals surface area contributed by atoms with Gasteiger partial charge in [-0.2, -0.15) is 0 Å². The first-order chi connectivity index (χ1) is 21.7. The number of methoxy groups -OCH3 is 8. The zero-order chi connectivity index (χ0) is 33.4. The van der Waals surface area contributed by atoms with Gasteiger partial charge in [-0.05, 0) is 54.1 Å². The van der Waals surface area contributed by atoms with Crippen molar-refractivity contribution in [2.75, 3.05) is 56.9 Å². The Kier molecular flexibility index (Phi) is 14.8. The molecule has 0 aromatic heterocycles. The van der Waals surface area contributed by atoms with Crippen LogP contribution in [-0.4, -0.2) is 74.8 Å². The van der Waals surface area contributed by atoms with Crippen LogP contribution in [0.25, 0.3) is 6.08 Å². The Balaban J connectivity index is 0.000000236. The maximum atomic E-state index is 11.3. The molecular weight excluding hydrogens is 611 g/mol. The summed E-state index contributed by atoms with van der Waals surface area (Å²) in [6, 6.07) is 13.4. The normalized spacial score (nSPS) is 11.2. The van der Waals surface area contributed by atoms with Crippen LogP contribution in [0.3, 0.4) is 0 Å². The van der Waals surface area contributed by atoms with Crippen molar-refractivity contribution in [3.8, 4) is 40.2 Å². The van der Waals surface area contributed by atoms with Gasteiger partial charge in [0.2, 0.25) is 5.75 Å². The molecule has 1 aliphatic heterocycles. The molecule has 0 amide bonds. The lowest BCUT2D eigenvalue weighted by Gasteiger charge is -2.08. The highest BCUT2D eigenvalue weighted by atomic mass is 31.1. The molecule has 3 aromatic rings. The third-order valence-corrected chi connectivity index (χ3v) is 6.37. The summed E-state index contributed by atoms with van der Waals surface area (Å²) in [6.07, 6.45) is 3.00. The summed E-state index contributed by atoms with van der Waals surface area (Å²) >= 11 is 0. The molecule has 0 bridgehead atoms. The van der Waals surface area contributed by atoms with Crippen LogP contribution in [0.4, 0.5) is 0 Å². The summed E-state index contributed by atoms with van der Waals surface area (Å²) < 4.78 is 49.5.